The Labute approximate surface area is 112 Å². The zero-order valence-electron chi connectivity index (χ0n) is 11.1. The van der Waals surface area contributed by atoms with Crippen LogP contribution in [0.1, 0.15) is 23.2 Å². The molecule has 1 heterocycles. The quantitative estimate of drug-likeness (QED) is 0.766. The van der Waals surface area contributed by atoms with Crippen LogP contribution in [0.4, 0.5) is 0 Å². The predicted octanol–water partition coefficient (Wildman–Crippen LogP) is 1.17. The van der Waals surface area contributed by atoms with Crippen LogP contribution in [0.15, 0.2) is 18.2 Å². The molecule has 19 heavy (non-hydrogen) atoms. The second-order valence-corrected chi connectivity index (χ2v) is 4.99. The fourth-order valence-electron chi connectivity index (χ4n) is 2.61. The maximum atomic E-state index is 12.4. The molecule has 5 nitrogen and oxygen atoms in total. The number of likely N-dealkylation sites (tertiary alicyclic amines) is 1. The molecular weight excluding hydrogens is 244 g/mol. The standard InChI is InChI=1S/C14H20N2O3/c1-15-8-10-4-3-7-16(9-10)14(19)13-11(17)5-2-6-12(13)18/h2,5-6,10,15,17-18H,3-4,7-9H2,1H3. The molecule has 3 N–H and O–H groups in total. The number of rotatable bonds is 3. The average molecular weight is 264 g/mol. The fraction of sp³-hybridized carbons (Fsp3) is 0.500. The summed E-state index contributed by atoms with van der Waals surface area (Å²) in [6.45, 7) is 2.21. The highest BCUT2D eigenvalue weighted by atomic mass is 16.3. The number of hydrogen-bond acceptors (Lipinski definition) is 4. The second kappa shape index (κ2) is 5.93. The van der Waals surface area contributed by atoms with Crippen molar-refractivity contribution in [3.05, 3.63) is 23.8 Å². The zero-order chi connectivity index (χ0) is 13.8. The van der Waals surface area contributed by atoms with E-state index in [2.05, 4.69) is 5.32 Å². The van der Waals surface area contributed by atoms with Crippen LogP contribution in [0, 0.1) is 5.92 Å². The van der Waals surface area contributed by atoms with E-state index in [1.54, 1.807) is 4.90 Å². The topological polar surface area (TPSA) is 72.8 Å². The van der Waals surface area contributed by atoms with Crippen molar-refractivity contribution in [2.45, 2.75) is 12.8 Å². The second-order valence-electron chi connectivity index (χ2n) is 4.99. The maximum absolute atomic E-state index is 12.4. The lowest BCUT2D eigenvalue weighted by Crippen LogP contribution is -2.42. The van der Waals surface area contributed by atoms with Gasteiger partial charge in [0.25, 0.3) is 5.91 Å². The predicted molar refractivity (Wildman–Crippen MR) is 72.3 cm³/mol. The van der Waals surface area contributed by atoms with Gasteiger partial charge in [-0.2, -0.15) is 0 Å². The molecule has 2 rings (SSSR count). The van der Waals surface area contributed by atoms with Gasteiger partial charge in [-0.05, 0) is 44.5 Å². The van der Waals surface area contributed by atoms with Crippen LogP contribution < -0.4 is 5.32 Å². The Hall–Kier alpha value is -1.75. The number of benzene rings is 1. The van der Waals surface area contributed by atoms with Gasteiger partial charge in [0.1, 0.15) is 17.1 Å². The molecule has 1 aliphatic rings. The molecule has 1 aromatic rings. The summed E-state index contributed by atoms with van der Waals surface area (Å²) in [5.74, 6) is -0.200. The van der Waals surface area contributed by atoms with Gasteiger partial charge in [0.15, 0.2) is 0 Å². The first-order valence-corrected chi connectivity index (χ1v) is 6.58. The fourth-order valence-corrected chi connectivity index (χ4v) is 2.61. The first-order chi connectivity index (χ1) is 9.13. The molecule has 0 aliphatic carbocycles. The first kappa shape index (κ1) is 13.7. The van der Waals surface area contributed by atoms with Gasteiger partial charge in [-0.25, -0.2) is 0 Å². The molecule has 0 aromatic heterocycles. The van der Waals surface area contributed by atoms with E-state index in [1.807, 2.05) is 7.05 Å². The van der Waals surface area contributed by atoms with Crippen LogP contribution in [0.3, 0.4) is 0 Å². The van der Waals surface area contributed by atoms with Crippen LogP contribution in [0.2, 0.25) is 0 Å². The van der Waals surface area contributed by atoms with Crippen molar-refractivity contribution in [3.63, 3.8) is 0 Å². The van der Waals surface area contributed by atoms with Crippen molar-refractivity contribution in [3.8, 4) is 11.5 Å². The van der Waals surface area contributed by atoms with Gasteiger partial charge in [0, 0.05) is 13.1 Å². The first-order valence-electron chi connectivity index (χ1n) is 6.58. The molecule has 1 aliphatic heterocycles. The summed E-state index contributed by atoms with van der Waals surface area (Å²) >= 11 is 0. The van der Waals surface area contributed by atoms with Crippen LogP contribution in [0.25, 0.3) is 0 Å². The number of amides is 1. The number of phenols is 2. The van der Waals surface area contributed by atoms with Gasteiger partial charge in [-0.1, -0.05) is 6.07 Å². The third kappa shape index (κ3) is 2.98. The van der Waals surface area contributed by atoms with E-state index >= 15 is 0 Å². The molecule has 1 fully saturated rings. The smallest absolute Gasteiger partial charge is 0.261 e. The molecule has 1 atom stereocenters. The highest BCUT2D eigenvalue weighted by Crippen LogP contribution is 2.29. The average Bonchev–Trinajstić information content (AvgIpc) is 2.39. The van der Waals surface area contributed by atoms with Crippen molar-refractivity contribution in [1.29, 1.82) is 0 Å². The van der Waals surface area contributed by atoms with Crippen LogP contribution in [-0.2, 0) is 0 Å². The number of nitrogens with one attached hydrogen (secondary N) is 1. The molecule has 1 amide bonds. The van der Waals surface area contributed by atoms with Crippen molar-refractivity contribution >= 4 is 5.91 Å². The summed E-state index contributed by atoms with van der Waals surface area (Å²) in [5.41, 5.74) is 0.00704. The Balaban J connectivity index is 2.15. The highest BCUT2D eigenvalue weighted by molar-refractivity contribution is 5.99. The molecule has 0 saturated carbocycles. The molecule has 1 aromatic carbocycles. The molecule has 104 valence electrons. The van der Waals surface area contributed by atoms with E-state index in [0.29, 0.717) is 19.0 Å². The van der Waals surface area contributed by atoms with Crippen molar-refractivity contribution in [1.82, 2.24) is 10.2 Å². The minimum Gasteiger partial charge on any atom is -0.507 e. The molecule has 1 saturated heterocycles. The molecule has 1 unspecified atom stereocenters. The number of aromatic hydroxyl groups is 2. The molecule has 0 radical (unpaired) electrons. The minimum atomic E-state index is -0.295. The van der Waals surface area contributed by atoms with Crippen LogP contribution >= 0.6 is 0 Å². The molecule has 0 spiro atoms. The number of piperidine rings is 1. The van der Waals surface area contributed by atoms with Crippen LogP contribution in [-0.4, -0.2) is 47.7 Å². The van der Waals surface area contributed by atoms with Gasteiger partial charge >= 0.3 is 0 Å². The third-order valence-corrected chi connectivity index (χ3v) is 3.53. The van der Waals surface area contributed by atoms with E-state index in [-0.39, 0.29) is 23.0 Å². The number of nitrogens with zero attached hydrogens (tertiary/aromatic N) is 1. The van der Waals surface area contributed by atoms with E-state index in [9.17, 15) is 15.0 Å². The van der Waals surface area contributed by atoms with E-state index < -0.39 is 0 Å². The van der Waals surface area contributed by atoms with Crippen molar-refractivity contribution in [2.75, 3.05) is 26.7 Å². The Bertz CT molecular complexity index is 440. The summed E-state index contributed by atoms with van der Waals surface area (Å²) in [6.07, 6.45) is 2.05. The summed E-state index contributed by atoms with van der Waals surface area (Å²) in [5, 5.41) is 22.6. The molecule has 5 heteroatoms. The van der Waals surface area contributed by atoms with E-state index in [0.717, 1.165) is 19.4 Å². The largest absolute Gasteiger partial charge is 0.507 e. The number of carbonyl (C=O) groups is 1. The van der Waals surface area contributed by atoms with E-state index in [1.165, 1.54) is 18.2 Å². The van der Waals surface area contributed by atoms with Gasteiger partial charge in [-0.15, -0.1) is 0 Å². The summed E-state index contributed by atoms with van der Waals surface area (Å²) < 4.78 is 0. The Morgan fingerprint density at radius 1 is 1.42 bits per heavy atom. The highest BCUT2D eigenvalue weighted by Gasteiger charge is 2.27. The zero-order valence-corrected chi connectivity index (χ0v) is 11.1. The third-order valence-electron chi connectivity index (χ3n) is 3.53. The lowest BCUT2D eigenvalue weighted by Gasteiger charge is -2.33. The van der Waals surface area contributed by atoms with Gasteiger partial charge < -0.3 is 20.4 Å². The molecular formula is C14H20N2O3. The van der Waals surface area contributed by atoms with Gasteiger partial charge in [0.05, 0.1) is 0 Å². The summed E-state index contributed by atoms with van der Waals surface area (Å²) in [7, 11) is 1.90. The maximum Gasteiger partial charge on any atom is 0.261 e. The Kier molecular flexibility index (Phi) is 4.27. The van der Waals surface area contributed by atoms with Gasteiger partial charge in [0.2, 0.25) is 0 Å². The normalized spacial score (nSPS) is 19.4. The van der Waals surface area contributed by atoms with Crippen molar-refractivity contribution < 1.29 is 15.0 Å². The summed E-state index contributed by atoms with van der Waals surface area (Å²) in [6, 6.07) is 4.35. The monoisotopic (exact) mass is 264 g/mol. The van der Waals surface area contributed by atoms with Gasteiger partial charge in [-0.3, -0.25) is 4.79 Å². The number of phenolic OH excluding ortho intramolecular Hbond substituents is 2. The molecule has 0 bridgehead atoms. The van der Waals surface area contributed by atoms with Crippen molar-refractivity contribution in [2.24, 2.45) is 5.92 Å². The Morgan fingerprint density at radius 3 is 2.74 bits per heavy atom. The van der Waals surface area contributed by atoms with Crippen LogP contribution in [0.5, 0.6) is 11.5 Å². The lowest BCUT2D eigenvalue weighted by atomic mass is 9.97. The van der Waals surface area contributed by atoms with E-state index in [4.69, 9.17) is 0 Å². The lowest BCUT2D eigenvalue weighted by molar-refractivity contribution is 0.0668. The number of hydrogen-bond donors (Lipinski definition) is 3. The minimum absolute atomic E-state index is 0.00704. The number of carbonyl (C=O) groups excluding carboxylic acids is 1. The SMILES string of the molecule is CNCC1CCCN(C(=O)c2c(O)cccc2O)C1. The Morgan fingerprint density at radius 2 is 2.11 bits per heavy atom. The summed E-state index contributed by atoms with van der Waals surface area (Å²) in [4.78, 5) is 14.1.